The van der Waals surface area contributed by atoms with E-state index < -0.39 is 22.0 Å². The summed E-state index contributed by atoms with van der Waals surface area (Å²) in [5, 5.41) is 17.5. The SMILES string of the molecule is CN(CO)CC(O)CS(=O)(=O)O. The normalized spacial score (nSPS) is 15.1. The van der Waals surface area contributed by atoms with Crippen LogP contribution in [0.1, 0.15) is 0 Å². The average Bonchev–Trinajstić information content (AvgIpc) is 1.82. The molecule has 1 atom stereocenters. The number of nitrogens with zero attached hydrogens (tertiary/aromatic N) is 1. The molecule has 0 aromatic rings. The molecule has 12 heavy (non-hydrogen) atoms. The van der Waals surface area contributed by atoms with Crippen LogP contribution in [0.15, 0.2) is 0 Å². The Balaban J connectivity index is 3.82. The molecule has 6 nitrogen and oxygen atoms in total. The molecule has 3 N–H and O–H groups in total. The maximum Gasteiger partial charge on any atom is 0.267 e. The van der Waals surface area contributed by atoms with E-state index in [1.165, 1.54) is 11.9 Å². The van der Waals surface area contributed by atoms with Gasteiger partial charge in [-0.25, -0.2) is 0 Å². The number of likely N-dealkylation sites (N-methyl/N-ethyl adjacent to an activating group) is 1. The van der Waals surface area contributed by atoms with Gasteiger partial charge in [0.05, 0.1) is 12.8 Å². The van der Waals surface area contributed by atoms with Crippen molar-refractivity contribution >= 4 is 10.1 Å². The molecule has 0 radical (unpaired) electrons. The molecule has 1 unspecified atom stereocenters. The van der Waals surface area contributed by atoms with Gasteiger partial charge in [-0.05, 0) is 7.05 Å². The molecular weight excluding hydrogens is 186 g/mol. The van der Waals surface area contributed by atoms with Gasteiger partial charge in [0, 0.05) is 6.54 Å². The van der Waals surface area contributed by atoms with Crippen LogP contribution in [0.5, 0.6) is 0 Å². The minimum Gasteiger partial charge on any atom is -0.391 e. The maximum atomic E-state index is 10.2. The van der Waals surface area contributed by atoms with Gasteiger partial charge in [-0.3, -0.25) is 9.45 Å². The molecule has 0 heterocycles. The minimum atomic E-state index is -4.14. The Morgan fingerprint density at radius 2 is 2.00 bits per heavy atom. The Labute approximate surface area is 71.2 Å². The van der Waals surface area contributed by atoms with Crippen molar-refractivity contribution in [2.45, 2.75) is 6.10 Å². The summed E-state index contributed by atoms with van der Waals surface area (Å²) in [6, 6.07) is 0. The van der Waals surface area contributed by atoms with Crippen molar-refractivity contribution < 1.29 is 23.2 Å². The Morgan fingerprint density at radius 3 is 2.33 bits per heavy atom. The number of hydrogen-bond donors (Lipinski definition) is 3. The van der Waals surface area contributed by atoms with Gasteiger partial charge in [0.25, 0.3) is 10.1 Å². The summed E-state index contributed by atoms with van der Waals surface area (Å²) >= 11 is 0. The molecule has 74 valence electrons. The predicted molar refractivity (Wildman–Crippen MR) is 42.1 cm³/mol. The lowest BCUT2D eigenvalue weighted by atomic mass is 10.4. The van der Waals surface area contributed by atoms with Gasteiger partial charge < -0.3 is 10.2 Å². The molecule has 0 rings (SSSR count). The lowest BCUT2D eigenvalue weighted by Gasteiger charge is -2.16. The number of aliphatic hydroxyl groups is 2. The smallest absolute Gasteiger partial charge is 0.267 e. The number of rotatable bonds is 5. The van der Waals surface area contributed by atoms with Crippen LogP contribution in [0.4, 0.5) is 0 Å². The van der Waals surface area contributed by atoms with Crippen molar-refractivity contribution in [3.63, 3.8) is 0 Å². The van der Waals surface area contributed by atoms with E-state index in [1.807, 2.05) is 0 Å². The topological polar surface area (TPSA) is 98.1 Å². The highest BCUT2D eigenvalue weighted by Crippen LogP contribution is 1.92. The zero-order chi connectivity index (χ0) is 9.78. The average molecular weight is 199 g/mol. The molecule has 7 heteroatoms. The highest BCUT2D eigenvalue weighted by molar-refractivity contribution is 7.85. The summed E-state index contributed by atoms with van der Waals surface area (Å²) in [6.45, 7) is -0.279. The summed E-state index contributed by atoms with van der Waals surface area (Å²) in [5.41, 5.74) is 0. The lowest BCUT2D eigenvalue weighted by molar-refractivity contribution is 0.0788. The predicted octanol–water partition coefficient (Wildman–Crippen LogP) is -1.88. The molecule has 0 saturated carbocycles. The molecule has 0 aromatic carbocycles. The second-order valence-electron chi connectivity index (χ2n) is 2.58. The highest BCUT2D eigenvalue weighted by Gasteiger charge is 2.15. The fraction of sp³-hybridized carbons (Fsp3) is 1.00. The Hall–Kier alpha value is -0.210. The first-order chi connectivity index (χ1) is 5.35. The molecule has 0 bridgehead atoms. The fourth-order valence-corrected chi connectivity index (χ4v) is 1.30. The second-order valence-corrected chi connectivity index (χ2v) is 4.08. The van der Waals surface area contributed by atoms with E-state index in [0.717, 1.165) is 0 Å². The summed E-state index contributed by atoms with van der Waals surface area (Å²) < 4.78 is 28.8. The zero-order valence-corrected chi connectivity index (χ0v) is 7.53. The number of hydrogen-bond acceptors (Lipinski definition) is 5. The Bertz CT molecular complexity index is 214. The van der Waals surface area contributed by atoms with Gasteiger partial charge >= 0.3 is 0 Å². The van der Waals surface area contributed by atoms with E-state index in [2.05, 4.69) is 0 Å². The molecule has 0 aliphatic carbocycles. The van der Waals surface area contributed by atoms with E-state index in [-0.39, 0.29) is 13.3 Å². The Morgan fingerprint density at radius 1 is 1.50 bits per heavy atom. The summed E-state index contributed by atoms with van der Waals surface area (Å²) in [5.74, 6) is -0.711. The van der Waals surface area contributed by atoms with E-state index in [9.17, 15) is 8.42 Å². The van der Waals surface area contributed by atoms with Crippen molar-refractivity contribution in [1.82, 2.24) is 4.90 Å². The van der Waals surface area contributed by atoms with Gasteiger partial charge in [0.2, 0.25) is 0 Å². The standard InChI is InChI=1S/C5H13NO5S/c1-6(4-7)2-5(8)3-12(9,10)11/h5,7-8H,2-4H2,1H3,(H,9,10,11). The fourth-order valence-electron chi connectivity index (χ4n) is 0.713. The third kappa shape index (κ3) is 6.50. The van der Waals surface area contributed by atoms with E-state index in [4.69, 9.17) is 14.8 Å². The van der Waals surface area contributed by atoms with Crippen LogP contribution < -0.4 is 0 Å². The van der Waals surface area contributed by atoms with Crippen molar-refractivity contribution in [2.75, 3.05) is 26.1 Å². The third-order valence-corrected chi connectivity index (χ3v) is 1.97. The first-order valence-corrected chi connectivity index (χ1v) is 4.88. The second kappa shape index (κ2) is 4.73. The summed E-state index contributed by atoms with van der Waals surface area (Å²) in [4.78, 5) is 1.32. The van der Waals surface area contributed by atoms with Crippen LogP contribution in [0, 0.1) is 0 Å². The van der Waals surface area contributed by atoms with Crippen LogP contribution in [-0.4, -0.2) is 60.3 Å². The quantitative estimate of drug-likeness (QED) is 0.354. The molecule has 0 spiro atoms. The van der Waals surface area contributed by atoms with Crippen molar-refractivity contribution in [2.24, 2.45) is 0 Å². The van der Waals surface area contributed by atoms with Gasteiger partial charge in [-0.1, -0.05) is 0 Å². The van der Waals surface area contributed by atoms with Gasteiger partial charge in [0.1, 0.15) is 5.75 Å². The lowest BCUT2D eigenvalue weighted by Crippen LogP contribution is -2.34. The maximum absolute atomic E-state index is 10.2. The first kappa shape index (κ1) is 11.8. The van der Waals surface area contributed by atoms with Gasteiger partial charge in [0.15, 0.2) is 0 Å². The Kier molecular flexibility index (Phi) is 4.64. The molecule has 0 fully saturated rings. The van der Waals surface area contributed by atoms with Crippen molar-refractivity contribution in [1.29, 1.82) is 0 Å². The number of aliphatic hydroxyl groups excluding tert-OH is 2. The monoisotopic (exact) mass is 199 g/mol. The van der Waals surface area contributed by atoms with E-state index in [0.29, 0.717) is 0 Å². The minimum absolute atomic E-state index is 0.00368. The van der Waals surface area contributed by atoms with Gasteiger partial charge in [-0.15, -0.1) is 0 Å². The first-order valence-electron chi connectivity index (χ1n) is 3.28. The van der Waals surface area contributed by atoms with Crippen molar-refractivity contribution in [3.05, 3.63) is 0 Å². The highest BCUT2D eigenvalue weighted by atomic mass is 32.2. The van der Waals surface area contributed by atoms with E-state index in [1.54, 1.807) is 0 Å². The van der Waals surface area contributed by atoms with Crippen LogP contribution in [0.2, 0.25) is 0 Å². The van der Waals surface area contributed by atoms with Crippen LogP contribution >= 0.6 is 0 Å². The zero-order valence-electron chi connectivity index (χ0n) is 6.71. The molecule has 0 aromatic heterocycles. The van der Waals surface area contributed by atoms with Gasteiger partial charge in [-0.2, -0.15) is 8.42 Å². The molecule has 0 saturated heterocycles. The molecule has 0 aliphatic heterocycles. The molecule has 0 aliphatic rings. The van der Waals surface area contributed by atoms with Crippen LogP contribution in [-0.2, 0) is 10.1 Å². The largest absolute Gasteiger partial charge is 0.391 e. The third-order valence-electron chi connectivity index (χ3n) is 1.17. The van der Waals surface area contributed by atoms with Crippen LogP contribution in [0.25, 0.3) is 0 Å². The van der Waals surface area contributed by atoms with Crippen LogP contribution in [0.3, 0.4) is 0 Å². The van der Waals surface area contributed by atoms with E-state index >= 15 is 0 Å². The summed E-state index contributed by atoms with van der Waals surface area (Å²) in [7, 11) is -2.63. The molecular formula is C5H13NO5S. The van der Waals surface area contributed by atoms with Crippen molar-refractivity contribution in [3.8, 4) is 0 Å². The summed E-state index contributed by atoms with van der Waals surface area (Å²) in [6.07, 6.45) is -1.18. The molecule has 0 amide bonds.